The number of hydrogen-bond acceptors (Lipinski definition) is 4. The second-order valence-electron chi connectivity index (χ2n) is 4.92. The zero-order valence-corrected chi connectivity index (χ0v) is 12.2. The molecular weight excluding hydrogens is 296 g/mol. The van der Waals surface area contributed by atoms with Crippen LogP contribution in [0.1, 0.15) is 25.6 Å². The average Bonchev–Trinajstić information content (AvgIpc) is 3.16. The first-order chi connectivity index (χ1) is 10.8. The number of carbonyl (C=O) groups excluding carboxylic acids is 2. The number of rotatable bonds is 2. The van der Waals surface area contributed by atoms with Gasteiger partial charge in [-0.3, -0.25) is 9.59 Å². The minimum Gasteiger partial charge on any atom is -0.287 e. The van der Waals surface area contributed by atoms with E-state index in [2.05, 4.69) is 10.5 Å². The van der Waals surface area contributed by atoms with Crippen molar-refractivity contribution in [2.75, 3.05) is 0 Å². The summed E-state index contributed by atoms with van der Waals surface area (Å²) in [6.07, 6.45) is 0. The number of ketones is 1. The minimum absolute atomic E-state index is 0.154. The molecule has 0 radical (unpaired) electrons. The van der Waals surface area contributed by atoms with Gasteiger partial charge in [0.2, 0.25) is 5.78 Å². The summed E-state index contributed by atoms with van der Waals surface area (Å²) < 4.78 is 0. The normalized spacial score (nSPS) is 14.7. The van der Waals surface area contributed by atoms with Gasteiger partial charge < -0.3 is 0 Å². The molecule has 4 rings (SSSR count). The second-order valence-corrected chi connectivity index (χ2v) is 5.86. The average molecular weight is 306 g/mol. The van der Waals surface area contributed by atoms with E-state index in [1.54, 1.807) is 18.2 Å². The lowest BCUT2D eigenvalue weighted by molar-refractivity contribution is 0.0959. The van der Waals surface area contributed by atoms with Crippen molar-refractivity contribution in [3.63, 3.8) is 0 Å². The van der Waals surface area contributed by atoms with Crippen LogP contribution in [0.3, 0.4) is 0 Å². The zero-order chi connectivity index (χ0) is 15.1. The van der Waals surface area contributed by atoms with E-state index in [0.717, 1.165) is 16.3 Å². The molecule has 1 aliphatic carbocycles. The fraction of sp³-hybridized carbons (Fsp3) is 0. The van der Waals surface area contributed by atoms with E-state index in [1.165, 1.54) is 11.3 Å². The molecule has 0 atom stereocenters. The SMILES string of the molecule is O=C(N/N=C1\C(=O)c2cccc3cccc1c23)c1cccs1. The molecule has 0 unspecified atom stereocenters. The number of Topliss-reactive ketones (excluding diaryl/α,β-unsaturated/α-hetero) is 1. The Kier molecular flexibility index (Phi) is 2.87. The molecule has 0 fully saturated rings. The number of carbonyl (C=O) groups is 2. The Morgan fingerprint density at radius 1 is 1.00 bits per heavy atom. The lowest BCUT2D eigenvalue weighted by Crippen LogP contribution is -2.21. The molecule has 1 amide bonds. The van der Waals surface area contributed by atoms with Gasteiger partial charge in [0.05, 0.1) is 4.88 Å². The van der Waals surface area contributed by atoms with Crippen molar-refractivity contribution in [3.05, 3.63) is 69.9 Å². The van der Waals surface area contributed by atoms with Crippen LogP contribution in [-0.4, -0.2) is 17.4 Å². The molecule has 0 saturated carbocycles. The van der Waals surface area contributed by atoms with E-state index in [-0.39, 0.29) is 17.4 Å². The number of hydrazone groups is 1. The Morgan fingerprint density at radius 3 is 2.50 bits per heavy atom. The summed E-state index contributed by atoms with van der Waals surface area (Å²) in [7, 11) is 0. The molecule has 106 valence electrons. The van der Waals surface area contributed by atoms with Gasteiger partial charge in [-0.1, -0.05) is 42.5 Å². The van der Waals surface area contributed by atoms with Crippen molar-refractivity contribution < 1.29 is 9.59 Å². The number of nitrogens with one attached hydrogen (secondary N) is 1. The Balaban J connectivity index is 1.75. The van der Waals surface area contributed by atoms with Gasteiger partial charge >= 0.3 is 0 Å². The molecule has 22 heavy (non-hydrogen) atoms. The fourth-order valence-electron chi connectivity index (χ4n) is 2.66. The lowest BCUT2D eigenvalue weighted by Gasteiger charge is -2.00. The number of thiophene rings is 1. The van der Waals surface area contributed by atoms with Gasteiger partial charge in [0.15, 0.2) is 0 Å². The molecule has 0 aliphatic heterocycles. The summed E-state index contributed by atoms with van der Waals surface area (Å²) in [5, 5.41) is 7.79. The molecule has 0 spiro atoms. The first kappa shape index (κ1) is 12.9. The van der Waals surface area contributed by atoms with Gasteiger partial charge in [0.25, 0.3) is 5.91 Å². The molecule has 0 bridgehead atoms. The highest BCUT2D eigenvalue weighted by molar-refractivity contribution is 7.12. The van der Waals surface area contributed by atoms with Crippen LogP contribution >= 0.6 is 11.3 Å². The summed E-state index contributed by atoms with van der Waals surface area (Å²) in [6, 6.07) is 14.8. The molecule has 1 N–H and O–H groups in total. The van der Waals surface area contributed by atoms with Gasteiger partial charge in [-0.25, -0.2) is 5.43 Å². The highest BCUT2D eigenvalue weighted by Gasteiger charge is 2.28. The molecule has 5 heteroatoms. The van der Waals surface area contributed by atoms with E-state index >= 15 is 0 Å². The summed E-state index contributed by atoms with van der Waals surface area (Å²) in [5.74, 6) is -0.461. The van der Waals surface area contributed by atoms with E-state index in [1.807, 2.05) is 35.7 Å². The Hall–Kier alpha value is -2.79. The van der Waals surface area contributed by atoms with Gasteiger partial charge in [-0.2, -0.15) is 5.10 Å². The van der Waals surface area contributed by atoms with E-state index < -0.39 is 0 Å². The maximum absolute atomic E-state index is 12.5. The van der Waals surface area contributed by atoms with E-state index in [9.17, 15) is 9.59 Å². The van der Waals surface area contributed by atoms with Crippen molar-refractivity contribution in [3.8, 4) is 0 Å². The monoisotopic (exact) mass is 306 g/mol. The highest BCUT2D eigenvalue weighted by Crippen LogP contribution is 2.30. The van der Waals surface area contributed by atoms with Gasteiger partial charge in [-0.15, -0.1) is 11.3 Å². The Labute approximate surface area is 130 Å². The smallest absolute Gasteiger partial charge is 0.281 e. The molecule has 1 heterocycles. The van der Waals surface area contributed by atoms with E-state index in [4.69, 9.17) is 0 Å². The molecular formula is C17H10N2O2S. The second kappa shape index (κ2) is 4.89. The van der Waals surface area contributed by atoms with Crippen LogP contribution in [0.5, 0.6) is 0 Å². The van der Waals surface area contributed by atoms with Crippen LogP contribution in [0.15, 0.2) is 59.0 Å². The van der Waals surface area contributed by atoms with Crippen molar-refractivity contribution in [2.45, 2.75) is 0 Å². The first-order valence-corrected chi connectivity index (χ1v) is 7.62. The standard InChI is InChI=1S/C17H10N2O2S/c20-16-12-7-2-5-10-4-1-6-11(14(10)12)15(16)18-19-17(21)13-8-3-9-22-13/h1-9H,(H,19,21)/b18-15-. The van der Waals surface area contributed by atoms with Crippen molar-refractivity contribution >= 4 is 39.5 Å². The third-order valence-electron chi connectivity index (χ3n) is 3.63. The van der Waals surface area contributed by atoms with Crippen LogP contribution in [0, 0.1) is 0 Å². The summed E-state index contributed by atoms with van der Waals surface area (Å²) in [4.78, 5) is 25.0. The molecule has 1 aromatic heterocycles. The molecule has 2 aromatic carbocycles. The summed E-state index contributed by atoms with van der Waals surface area (Å²) in [5.41, 5.74) is 4.17. The molecule has 4 nitrogen and oxygen atoms in total. The lowest BCUT2D eigenvalue weighted by atomic mass is 10.1. The zero-order valence-electron chi connectivity index (χ0n) is 11.4. The number of hydrogen-bond donors (Lipinski definition) is 1. The van der Waals surface area contributed by atoms with Gasteiger partial charge in [-0.05, 0) is 16.8 Å². The van der Waals surface area contributed by atoms with Crippen LogP contribution in [0.2, 0.25) is 0 Å². The maximum atomic E-state index is 12.5. The fourth-order valence-corrected chi connectivity index (χ4v) is 3.27. The van der Waals surface area contributed by atoms with Crippen LogP contribution < -0.4 is 5.43 Å². The molecule has 0 saturated heterocycles. The molecule has 3 aromatic rings. The van der Waals surface area contributed by atoms with Crippen molar-refractivity contribution in [1.82, 2.24) is 5.43 Å². The summed E-state index contributed by atoms with van der Waals surface area (Å²) >= 11 is 1.33. The van der Waals surface area contributed by atoms with Gasteiger partial charge in [0.1, 0.15) is 5.71 Å². The van der Waals surface area contributed by atoms with Crippen LogP contribution in [0.4, 0.5) is 0 Å². The number of benzene rings is 2. The van der Waals surface area contributed by atoms with Gasteiger partial charge in [0, 0.05) is 16.5 Å². The molecule has 1 aliphatic rings. The Morgan fingerprint density at radius 2 is 1.77 bits per heavy atom. The predicted molar refractivity (Wildman–Crippen MR) is 86.6 cm³/mol. The number of amides is 1. The van der Waals surface area contributed by atoms with E-state index in [0.29, 0.717) is 10.4 Å². The quantitative estimate of drug-likeness (QED) is 0.739. The first-order valence-electron chi connectivity index (χ1n) is 6.74. The third-order valence-corrected chi connectivity index (χ3v) is 4.50. The maximum Gasteiger partial charge on any atom is 0.281 e. The van der Waals surface area contributed by atoms with Crippen LogP contribution in [0.25, 0.3) is 10.8 Å². The highest BCUT2D eigenvalue weighted by atomic mass is 32.1. The predicted octanol–water partition coefficient (Wildman–Crippen LogP) is 3.23. The Bertz CT molecular complexity index is 937. The summed E-state index contributed by atoms with van der Waals surface area (Å²) in [6.45, 7) is 0. The number of nitrogens with zero attached hydrogens (tertiary/aromatic N) is 1. The van der Waals surface area contributed by atoms with Crippen LogP contribution in [-0.2, 0) is 0 Å². The largest absolute Gasteiger partial charge is 0.287 e. The van der Waals surface area contributed by atoms with Crippen molar-refractivity contribution in [2.24, 2.45) is 5.10 Å². The topological polar surface area (TPSA) is 58.5 Å². The minimum atomic E-state index is -0.307. The third kappa shape index (κ3) is 1.87. The van der Waals surface area contributed by atoms with Crippen molar-refractivity contribution in [1.29, 1.82) is 0 Å².